The maximum absolute atomic E-state index is 11.8. The van der Waals surface area contributed by atoms with Crippen LogP contribution in [0.15, 0.2) is 58.5 Å². The predicted molar refractivity (Wildman–Crippen MR) is 109 cm³/mol. The first-order valence-electron chi connectivity index (χ1n) is 8.04. The molecule has 136 valence electrons. The van der Waals surface area contributed by atoms with Gasteiger partial charge in [-0.3, -0.25) is 9.14 Å². The van der Waals surface area contributed by atoms with Crippen LogP contribution in [-0.2, 0) is 6.54 Å². The number of halogens is 1. The molecule has 0 radical (unpaired) electrons. The molecule has 8 heteroatoms. The summed E-state index contributed by atoms with van der Waals surface area (Å²) in [6.45, 7) is 0.640. The highest BCUT2D eigenvalue weighted by atomic mass is 79.9. The van der Waals surface area contributed by atoms with Gasteiger partial charge in [-0.05, 0) is 42.0 Å². The first kappa shape index (κ1) is 17.6. The first-order valence-corrected chi connectivity index (χ1v) is 9.71. The highest BCUT2D eigenvalue weighted by Gasteiger charge is 2.13. The maximum atomic E-state index is 11.8. The van der Waals surface area contributed by atoms with Crippen molar-refractivity contribution in [2.45, 2.75) is 6.54 Å². The smallest absolute Gasteiger partial charge is 0.264 e. The lowest BCUT2D eigenvalue weighted by Crippen LogP contribution is -2.12. The summed E-state index contributed by atoms with van der Waals surface area (Å²) >= 11 is 4.37. The van der Waals surface area contributed by atoms with Crippen LogP contribution < -0.4 is 9.66 Å². The van der Waals surface area contributed by atoms with E-state index in [9.17, 15) is 9.90 Å². The van der Waals surface area contributed by atoms with Gasteiger partial charge in [0.25, 0.3) is 5.91 Å². The number of benzene rings is 2. The molecule has 0 fully saturated rings. The first-order chi connectivity index (χ1) is 13.1. The largest absolute Gasteiger partial charge is 0.507 e. The fourth-order valence-electron chi connectivity index (χ4n) is 2.72. The zero-order chi connectivity index (χ0) is 18.8. The molecule has 0 atom stereocenters. The molecule has 0 spiro atoms. The molecule has 0 saturated carbocycles. The quantitative estimate of drug-likeness (QED) is 0.381. The Morgan fingerprint density at radius 1 is 1.22 bits per heavy atom. The van der Waals surface area contributed by atoms with Gasteiger partial charge >= 0.3 is 0 Å². The highest BCUT2D eigenvalue weighted by molar-refractivity contribution is 9.08. The Balaban J connectivity index is 1.50. The number of fused-ring (bicyclic) bond motifs is 1. The molecular weight excluding hydrogens is 430 g/mol. The van der Waals surface area contributed by atoms with E-state index in [1.165, 1.54) is 17.4 Å². The monoisotopic (exact) mass is 443 g/mol. The number of thiazole rings is 1. The third-order valence-corrected chi connectivity index (χ3v) is 5.25. The van der Waals surface area contributed by atoms with E-state index in [0.29, 0.717) is 6.54 Å². The average molecular weight is 444 g/mol. The summed E-state index contributed by atoms with van der Waals surface area (Å²) in [7, 11) is 0. The number of rotatable bonds is 5. The van der Waals surface area contributed by atoms with Crippen LogP contribution in [0.1, 0.15) is 15.9 Å². The van der Waals surface area contributed by atoms with Crippen molar-refractivity contribution in [3.63, 3.8) is 0 Å². The topological polar surface area (TPSA) is 87.4 Å². The molecule has 2 heterocycles. The average Bonchev–Trinajstić information content (AvgIpc) is 3.35. The Hall–Kier alpha value is -2.84. The number of carbonyl (C=O) groups excluding carboxylic acids is 1. The summed E-state index contributed by atoms with van der Waals surface area (Å²) < 4.78 is 7.68. The number of hydrogen-bond acceptors (Lipinski definition) is 6. The lowest BCUT2D eigenvalue weighted by atomic mass is 10.1. The van der Waals surface area contributed by atoms with Crippen LogP contribution >= 0.6 is 27.5 Å². The third-order valence-electron chi connectivity index (χ3n) is 4.09. The van der Waals surface area contributed by atoms with E-state index in [2.05, 4.69) is 36.9 Å². The minimum absolute atomic E-state index is 0.0843. The predicted octanol–water partition coefficient (Wildman–Crippen LogP) is 4.91. The minimum atomic E-state index is -0.419. The SMILES string of the molecule is O=C(NBr)c1cc(-c2csc(NCc3ccc4occc4c3)n2)ccc1O. The van der Waals surface area contributed by atoms with E-state index in [0.717, 1.165) is 32.9 Å². The van der Waals surface area contributed by atoms with E-state index >= 15 is 0 Å². The van der Waals surface area contributed by atoms with Crippen LogP contribution in [0.4, 0.5) is 5.13 Å². The number of carbonyl (C=O) groups is 1. The Kier molecular flexibility index (Phi) is 4.83. The van der Waals surface area contributed by atoms with Gasteiger partial charge in [0.05, 0.1) is 17.5 Å². The van der Waals surface area contributed by atoms with E-state index in [4.69, 9.17) is 4.42 Å². The van der Waals surface area contributed by atoms with Crippen LogP contribution in [0.3, 0.4) is 0 Å². The number of furan rings is 1. The van der Waals surface area contributed by atoms with Crippen molar-refractivity contribution in [2.75, 3.05) is 5.32 Å². The summed E-state index contributed by atoms with van der Waals surface area (Å²) in [5.41, 5.74) is 3.66. The number of aromatic nitrogens is 1. The van der Waals surface area contributed by atoms with Crippen LogP contribution in [0.2, 0.25) is 0 Å². The van der Waals surface area contributed by atoms with Gasteiger partial charge in [0, 0.05) is 39.0 Å². The molecule has 1 amide bonds. The zero-order valence-corrected chi connectivity index (χ0v) is 16.3. The summed E-state index contributed by atoms with van der Waals surface area (Å²) in [5, 5.41) is 16.9. The molecule has 0 aliphatic rings. The van der Waals surface area contributed by atoms with Gasteiger partial charge in [0.1, 0.15) is 11.3 Å². The van der Waals surface area contributed by atoms with Crippen molar-refractivity contribution < 1.29 is 14.3 Å². The van der Waals surface area contributed by atoms with E-state index in [-0.39, 0.29) is 11.3 Å². The zero-order valence-electron chi connectivity index (χ0n) is 13.9. The number of phenolic OH excluding ortho intramolecular Hbond substituents is 1. The van der Waals surface area contributed by atoms with Gasteiger partial charge in [0.15, 0.2) is 5.13 Å². The van der Waals surface area contributed by atoms with Crippen molar-refractivity contribution >= 4 is 49.5 Å². The van der Waals surface area contributed by atoms with Gasteiger partial charge in [0.2, 0.25) is 0 Å². The molecule has 2 aromatic carbocycles. The van der Waals surface area contributed by atoms with Crippen LogP contribution in [0.25, 0.3) is 22.2 Å². The number of nitrogens with one attached hydrogen (secondary N) is 2. The van der Waals surface area contributed by atoms with Crippen molar-refractivity contribution in [1.82, 2.24) is 9.33 Å². The van der Waals surface area contributed by atoms with Crippen LogP contribution in [-0.4, -0.2) is 16.0 Å². The second-order valence-electron chi connectivity index (χ2n) is 5.84. The fraction of sp³-hybridized carbons (Fsp3) is 0.0526. The van der Waals surface area contributed by atoms with Gasteiger partial charge in [-0.15, -0.1) is 11.3 Å². The molecule has 3 N–H and O–H groups in total. The summed E-state index contributed by atoms with van der Waals surface area (Å²) in [4.78, 5) is 16.4. The molecule has 0 aliphatic heterocycles. The Morgan fingerprint density at radius 3 is 2.96 bits per heavy atom. The lowest BCUT2D eigenvalue weighted by Gasteiger charge is -2.05. The second kappa shape index (κ2) is 7.42. The molecule has 2 aromatic heterocycles. The number of amides is 1. The molecule has 4 aromatic rings. The van der Waals surface area contributed by atoms with Crippen molar-refractivity contribution in [2.24, 2.45) is 0 Å². The Morgan fingerprint density at radius 2 is 2.11 bits per heavy atom. The van der Waals surface area contributed by atoms with E-state index < -0.39 is 5.91 Å². The van der Waals surface area contributed by atoms with Crippen molar-refractivity contribution in [3.05, 3.63) is 65.2 Å². The molecule has 0 unspecified atom stereocenters. The van der Waals surface area contributed by atoms with Gasteiger partial charge < -0.3 is 14.8 Å². The van der Waals surface area contributed by atoms with Crippen molar-refractivity contribution in [3.8, 4) is 17.0 Å². The molecule has 4 rings (SSSR count). The normalized spacial score (nSPS) is 10.9. The van der Waals surface area contributed by atoms with Crippen LogP contribution in [0.5, 0.6) is 5.75 Å². The number of phenols is 1. The lowest BCUT2D eigenvalue weighted by molar-refractivity contribution is 0.0984. The third kappa shape index (κ3) is 3.67. The summed E-state index contributed by atoms with van der Waals surface area (Å²) in [6.07, 6.45) is 1.68. The molecule has 0 saturated heterocycles. The van der Waals surface area contributed by atoms with Crippen molar-refractivity contribution in [1.29, 1.82) is 0 Å². The molecule has 27 heavy (non-hydrogen) atoms. The standard InChI is InChI=1S/C19H14BrN3O3S/c20-23-18(25)14-8-12(2-3-16(14)24)15-10-27-19(22-15)21-9-11-1-4-17-13(7-11)5-6-26-17/h1-8,10,24H,9H2,(H,21,22)(H,23,25). The Bertz CT molecular complexity index is 1120. The second-order valence-corrected chi connectivity index (χ2v) is 7.09. The number of hydrogen-bond donors (Lipinski definition) is 3. The molecule has 0 bridgehead atoms. The number of aromatic hydroxyl groups is 1. The molecule has 0 aliphatic carbocycles. The number of nitrogens with zero attached hydrogens (tertiary/aromatic N) is 1. The minimum Gasteiger partial charge on any atom is -0.507 e. The summed E-state index contributed by atoms with van der Waals surface area (Å²) in [6, 6.07) is 12.8. The van der Waals surface area contributed by atoms with Crippen LogP contribution in [0, 0.1) is 0 Å². The Labute approximate surface area is 167 Å². The van der Waals surface area contributed by atoms with E-state index in [1.54, 1.807) is 18.4 Å². The van der Waals surface area contributed by atoms with Gasteiger partial charge in [-0.2, -0.15) is 0 Å². The maximum Gasteiger partial charge on any atom is 0.264 e. The fourth-order valence-corrected chi connectivity index (χ4v) is 3.65. The van der Waals surface area contributed by atoms with Gasteiger partial charge in [-0.1, -0.05) is 6.07 Å². The highest BCUT2D eigenvalue weighted by Crippen LogP contribution is 2.29. The molecule has 6 nitrogen and oxygen atoms in total. The van der Waals surface area contributed by atoms with E-state index in [1.807, 2.05) is 23.6 Å². The summed E-state index contributed by atoms with van der Waals surface area (Å²) in [5.74, 6) is -0.503. The number of anilines is 1. The van der Waals surface area contributed by atoms with Gasteiger partial charge in [-0.25, -0.2) is 4.98 Å². The molecular formula is C19H14BrN3O3S.